The van der Waals surface area contributed by atoms with E-state index in [9.17, 15) is 5.26 Å². The van der Waals surface area contributed by atoms with Crippen molar-refractivity contribution in [3.63, 3.8) is 0 Å². The highest BCUT2D eigenvalue weighted by molar-refractivity contribution is 6.88. The summed E-state index contributed by atoms with van der Waals surface area (Å²) in [6.07, 6.45) is 22.9. The second-order valence-corrected chi connectivity index (χ2v) is 23.8. The third-order valence-electron chi connectivity index (χ3n) is 14.0. The lowest BCUT2D eigenvalue weighted by molar-refractivity contribution is -0.0195. The second-order valence-electron chi connectivity index (χ2n) is 18.8. The fraction of sp³-hybridized carbons (Fsp3) is 0.532. The van der Waals surface area contributed by atoms with E-state index in [-0.39, 0.29) is 21.9 Å². The molecule has 2 bridgehead atoms. The van der Waals surface area contributed by atoms with Crippen LogP contribution >= 0.6 is 0 Å². The van der Waals surface area contributed by atoms with Crippen molar-refractivity contribution in [1.29, 1.82) is 5.26 Å². The highest BCUT2D eigenvalue weighted by Crippen LogP contribution is 2.62. The molecular weight excluding hydrogens is 651 g/mol. The van der Waals surface area contributed by atoms with Crippen LogP contribution in [0.4, 0.5) is 5.69 Å². The number of fused-ring (bicyclic) bond motifs is 3. The van der Waals surface area contributed by atoms with E-state index < -0.39 is 8.07 Å². The molecule has 0 aromatic heterocycles. The number of allylic oxidation sites excluding steroid dienone is 6. The van der Waals surface area contributed by atoms with E-state index in [0.717, 1.165) is 56.7 Å². The number of anilines is 1. The van der Waals surface area contributed by atoms with E-state index in [1.165, 1.54) is 78.1 Å². The van der Waals surface area contributed by atoms with Gasteiger partial charge in [-0.1, -0.05) is 102 Å². The molecule has 3 fully saturated rings. The van der Waals surface area contributed by atoms with Gasteiger partial charge in [0.2, 0.25) is 0 Å². The number of benzene rings is 2. The molecule has 8 rings (SSSR count). The van der Waals surface area contributed by atoms with Crippen LogP contribution in [0.3, 0.4) is 0 Å². The summed E-state index contributed by atoms with van der Waals surface area (Å²) in [6, 6.07) is 16.6. The first kappa shape index (κ1) is 36.6. The molecule has 2 aromatic rings. The van der Waals surface area contributed by atoms with Gasteiger partial charge in [-0.2, -0.15) is 0 Å². The molecule has 3 aliphatic carbocycles. The Morgan fingerprint density at radius 2 is 1.58 bits per heavy atom. The Labute approximate surface area is 315 Å². The molecule has 0 saturated heterocycles. The van der Waals surface area contributed by atoms with Crippen LogP contribution in [0.2, 0.25) is 19.6 Å². The van der Waals surface area contributed by atoms with Gasteiger partial charge in [-0.05, 0) is 127 Å². The van der Waals surface area contributed by atoms with Crippen LogP contribution in [0.15, 0.2) is 77.4 Å². The number of hydrogen-bond acceptors (Lipinski definition) is 3. The van der Waals surface area contributed by atoms with Gasteiger partial charge in [0, 0.05) is 29.6 Å². The predicted octanol–water partition coefficient (Wildman–Crippen LogP) is 11.9. The van der Waals surface area contributed by atoms with Gasteiger partial charge < -0.3 is 9.64 Å². The Morgan fingerprint density at radius 1 is 0.904 bits per heavy atom. The average molecular weight is 710 g/mol. The van der Waals surface area contributed by atoms with Gasteiger partial charge in [-0.25, -0.2) is 10.1 Å². The van der Waals surface area contributed by atoms with E-state index >= 15 is 0 Å². The Balaban J connectivity index is 1.24. The third-order valence-corrected chi connectivity index (χ3v) is 16.1. The van der Waals surface area contributed by atoms with Crippen LogP contribution in [0.5, 0.6) is 0 Å². The van der Waals surface area contributed by atoms with Crippen LogP contribution in [-0.4, -0.2) is 21.2 Å². The van der Waals surface area contributed by atoms with Gasteiger partial charge in [-0.15, -0.1) is 0 Å². The van der Waals surface area contributed by atoms with Crippen molar-refractivity contribution < 1.29 is 4.74 Å². The van der Waals surface area contributed by atoms with Crippen molar-refractivity contribution in [3.8, 4) is 6.07 Å². The lowest BCUT2D eigenvalue weighted by Crippen LogP contribution is -2.46. The molecule has 3 heterocycles. The molecule has 272 valence electrons. The molecule has 3 aliphatic heterocycles. The molecule has 3 saturated carbocycles. The molecule has 0 N–H and O–H groups in total. The Morgan fingerprint density at radius 3 is 2.21 bits per heavy atom. The summed E-state index contributed by atoms with van der Waals surface area (Å²) in [5.41, 5.74) is 8.18. The van der Waals surface area contributed by atoms with Gasteiger partial charge in [0.25, 0.3) is 5.70 Å². The quantitative estimate of drug-likeness (QED) is 0.113. The van der Waals surface area contributed by atoms with E-state index in [1.807, 2.05) is 12.2 Å². The average Bonchev–Trinajstić information content (AvgIpc) is 3.14. The Bertz CT molecular complexity index is 1900. The maximum Gasteiger partial charge on any atom is 0.269 e. The smallest absolute Gasteiger partial charge is 0.269 e. The zero-order valence-corrected chi connectivity index (χ0v) is 33.9. The first-order valence-electron chi connectivity index (χ1n) is 20.1. The van der Waals surface area contributed by atoms with Crippen LogP contribution in [0.25, 0.3) is 10.9 Å². The van der Waals surface area contributed by atoms with E-state index in [4.69, 9.17) is 11.3 Å². The number of nitriles is 1. The molecule has 2 aromatic carbocycles. The predicted molar refractivity (Wildman–Crippen MR) is 219 cm³/mol. The zero-order valence-electron chi connectivity index (χ0n) is 32.9. The van der Waals surface area contributed by atoms with Crippen LogP contribution in [-0.2, 0) is 15.6 Å². The maximum absolute atomic E-state index is 9.94. The molecular formula is C47H59N3OSi. The van der Waals surface area contributed by atoms with Gasteiger partial charge in [0.1, 0.15) is 11.5 Å². The van der Waals surface area contributed by atoms with Crippen LogP contribution in [0, 0.1) is 28.7 Å². The van der Waals surface area contributed by atoms with Crippen molar-refractivity contribution in [2.75, 3.05) is 18.0 Å². The van der Waals surface area contributed by atoms with E-state index in [1.54, 1.807) is 0 Å². The number of rotatable bonds is 9. The number of hydrogen-bond donors (Lipinski definition) is 0. The molecule has 0 radical (unpaired) electrons. The minimum absolute atomic E-state index is 0.00991. The lowest BCUT2D eigenvalue weighted by atomic mass is 9.52. The second kappa shape index (κ2) is 13.6. The topological polar surface area (TPSA) is 40.6 Å². The molecule has 0 amide bonds. The van der Waals surface area contributed by atoms with Gasteiger partial charge in [0.15, 0.2) is 0 Å². The number of unbranched alkanes of at least 4 members (excludes halogenated alkanes) is 2. The van der Waals surface area contributed by atoms with E-state index in [0.29, 0.717) is 11.0 Å². The van der Waals surface area contributed by atoms with Gasteiger partial charge >= 0.3 is 0 Å². The molecule has 5 heteroatoms. The Kier molecular flexibility index (Phi) is 9.53. The fourth-order valence-electron chi connectivity index (χ4n) is 10.1. The third kappa shape index (κ3) is 6.53. The summed E-state index contributed by atoms with van der Waals surface area (Å²) in [6.45, 7) is 26.8. The summed E-state index contributed by atoms with van der Waals surface area (Å²) in [4.78, 5) is 6.28. The minimum Gasteiger partial charge on any atom is -0.461 e. The van der Waals surface area contributed by atoms with Gasteiger partial charge in [-0.3, -0.25) is 0 Å². The van der Waals surface area contributed by atoms with E-state index in [2.05, 4.69) is 112 Å². The van der Waals surface area contributed by atoms with Crippen LogP contribution < -0.4 is 10.1 Å². The summed E-state index contributed by atoms with van der Waals surface area (Å²) in [7, 11) is -1.40. The van der Waals surface area contributed by atoms with Crippen molar-refractivity contribution in [2.45, 2.75) is 135 Å². The zero-order chi connectivity index (χ0) is 36.9. The van der Waals surface area contributed by atoms with Gasteiger partial charge in [0.05, 0.1) is 20.7 Å². The molecule has 1 atom stereocenters. The molecule has 6 aliphatic rings. The van der Waals surface area contributed by atoms with Crippen LogP contribution in [0.1, 0.15) is 127 Å². The van der Waals surface area contributed by atoms with Crippen molar-refractivity contribution in [3.05, 3.63) is 111 Å². The molecule has 0 spiro atoms. The van der Waals surface area contributed by atoms with Crippen molar-refractivity contribution in [2.24, 2.45) is 10.8 Å². The number of ether oxygens (including phenoxy) is 1. The Hall–Kier alpha value is -3.80. The number of nitrogens with zero attached hydrogens (tertiary/aromatic N) is 3. The first-order chi connectivity index (χ1) is 24.7. The summed E-state index contributed by atoms with van der Waals surface area (Å²) in [5, 5.41) is 11.4. The minimum atomic E-state index is -1.40. The molecule has 52 heavy (non-hydrogen) atoms. The van der Waals surface area contributed by atoms with Crippen molar-refractivity contribution in [1.82, 2.24) is 0 Å². The molecule has 1 unspecified atom stereocenters. The lowest BCUT2D eigenvalue weighted by Gasteiger charge is -2.54. The summed E-state index contributed by atoms with van der Waals surface area (Å²) >= 11 is 0. The highest BCUT2D eigenvalue weighted by atomic mass is 28.3. The van der Waals surface area contributed by atoms with Crippen molar-refractivity contribution >= 4 is 25.0 Å². The monoisotopic (exact) mass is 709 g/mol. The SMILES string of the molecule is [C-]#[N+]C(C#N)=C1C=C(C=Cc2cc3c4c(c2)C(C)(c2ccc([Si](C)(C)C)cc2)CCN4CCC3(C)C)OC(C23CCC(CCCCC)(CC2)CC3)=C1. The summed E-state index contributed by atoms with van der Waals surface area (Å²) in [5.74, 6) is 1.69. The fourth-order valence-corrected chi connectivity index (χ4v) is 11.3. The normalized spacial score (nSPS) is 28.7. The summed E-state index contributed by atoms with van der Waals surface area (Å²) < 4.78 is 6.84. The largest absolute Gasteiger partial charge is 0.461 e. The maximum atomic E-state index is 9.94. The highest BCUT2D eigenvalue weighted by Gasteiger charge is 2.51. The molecule has 4 nitrogen and oxygen atoms in total. The standard InChI is InChI=1S/C47H59N3OSi/c1-9-10-11-18-46-19-22-47(23-20-46,24-21-46)42-32-35(41(33-48)49-5)31-37(51-42)15-12-34-29-39-43-40(30-34)45(4,26-28-50(43)27-25-44(39,2)3)36-13-16-38(17-14-36)52(6,7)8/h12-17,29-32H,9-11,18-28H2,1-4,6-8H3. The first-order valence-corrected chi connectivity index (χ1v) is 23.6.